The van der Waals surface area contributed by atoms with Crippen LogP contribution in [0.3, 0.4) is 0 Å². The molecular formula is C10H17NO4. The van der Waals surface area contributed by atoms with Crippen LogP contribution in [0.15, 0.2) is 0 Å². The molecule has 0 saturated carbocycles. The highest BCUT2D eigenvalue weighted by molar-refractivity contribution is 5.87. The Bertz CT molecular complexity index is 282. The molecule has 0 spiro atoms. The van der Waals surface area contributed by atoms with Crippen LogP contribution in [-0.2, 0) is 9.59 Å². The molecule has 1 saturated heterocycles. The number of β-amino-alcohol motifs (C(OH)–C–C–N with tert-alkyl or cyclic N) is 1. The van der Waals surface area contributed by atoms with E-state index in [0.717, 1.165) is 0 Å². The molecule has 1 heterocycles. The van der Waals surface area contributed by atoms with Crippen LogP contribution in [0.2, 0.25) is 0 Å². The fourth-order valence-corrected chi connectivity index (χ4v) is 1.70. The first-order valence-corrected chi connectivity index (χ1v) is 4.95. The second-order valence-corrected chi connectivity index (χ2v) is 4.95. The highest BCUT2D eigenvalue weighted by Gasteiger charge is 2.42. The quantitative estimate of drug-likeness (QED) is 0.649. The average Bonchev–Trinajstić information content (AvgIpc) is 2.44. The minimum Gasteiger partial charge on any atom is -0.480 e. The number of aliphatic carboxylic acids is 1. The van der Waals surface area contributed by atoms with Gasteiger partial charge < -0.3 is 15.1 Å². The summed E-state index contributed by atoms with van der Waals surface area (Å²) in [5, 5.41) is 18.3. The number of carbonyl (C=O) groups excluding carboxylic acids is 1. The molecule has 0 radical (unpaired) electrons. The van der Waals surface area contributed by atoms with Crippen molar-refractivity contribution in [3.05, 3.63) is 0 Å². The molecule has 0 aromatic heterocycles. The van der Waals surface area contributed by atoms with Gasteiger partial charge in [-0.1, -0.05) is 20.8 Å². The maximum atomic E-state index is 11.9. The van der Waals surface area contributed by atoms with Gasteiger partial charge in [-0.2, -0.15) is 0 Å². The zero-order valence-corrected chi connectivity index (χ0v) is 9.23. The number of aliphatic hydroxyl groups is 1. The first-order chi connectivity index (χ1) is 6.73. The second kappa shape index (κ2) is 3.81. The summed E-state index contributed by atoms with van der Waals surface area (Å²) in [6.45, 7) is 5.32. The number of amides is 1. The van der Waals surface area contributed by atoms with Crippen molar-refractivity contribution in [2.24, 2.45) is 5.41 Å². The summed E-state index contributed by atoms with van der Waals surface area (Å²) in [5.74, 6) is -1.28. The summed E-state index contributed by atoms with van der Waals surface area (Å²) >= 11 is 0. The number of hydrogen-bond acceptors (Lipinski definition) is 3. The molecule has 2 N–H and O–H groups in total. The maximum Gasteiger partial charge on any atom is 0.326 e. The number of aliphatic hydroxyl groups excluding tert-OH is 1. The van der Waals surface area contributed by atoms with E-state index in [-0.39, 0.29) is 18.9 Å². The smallest absolute Gasteiger partial charge is 0.326 e. The highest BCUT2D eigenvalue weighted by Crippen LogP contribution is 2.25. The van der Waals surface area contributed by atoms with E-state index in [1.165, 1.54) is 4.90 Å². The summed E-state index contributed by atoms with van der Waals surface area (Å²) < 4.78 is 0. The molecule has 0 bridgehead atoms. The lowest BCUT2D eigenvalue weighted by Gasteiger charge is -2.28. The van der Waals surface area contributed by atoms with E-state index in [1.807, 2.05) is 0 Å². The lowest BCUT2D eigenvalue weighted by Crippen LogP contribution is -2.45. The normalized spacial score (nSPS) is 26.8. The van der Waals surface area contributed by atoms with Gasteiger partial charge in [0, 0.05) is 18.4 Å². The molecule has 0 aromatic rings. The van der Waals surface area contributed by atoms with Crippen molar-refractivity contribution in [2.75, 3.05) is 6.54 Å². The molecule has 1 aliphatic heterocycles. The van der Waals surface area contributed by atoms with Crippen LogP contribution in [0.1, 0.15) is 27.2 Å². The molecule has 15 heavy (non-hydrogen) atoms. The largest absolute Gasteiger partial charge is 0.480 e. The topological polar surface area (TPSA) is 77.8 Å². The molecule has 0 unspecified atom stereocenters. The Morgan fingerprint density at radius 1 is 1.33 bits per heavy atom. The van der Waals surface area contributed by atoms with Crippen molar-refractivity contribution in [3.63, 3.8) is 0 Å². The van der Waals surface area contributed by atoms with Crippen molar-refractivity contribution in [3.8, 4) is 0 Å². The standard InChI is InChI=1S/C10H17NO4/c1-10(2,3)9(15)11-5-6(12)4-7(11)8(13)14/h6-7,12H,4-5H2,1-3H3,(H,13,14)/t6-,7-/m1/s1. The minimum atomic E-state index is -1.05. The second-order valence-electron chi connectivity index (χ2n) is 4.95. The molecule has 0 aromatic carbocycles. The van der Waals surface area contributed by atoms with E-state index < -0.39 is 23.5 Å². The van der Waals surface area contributed by atoms with Gasteiger partial charge in [0.15, 0.2) is 0 Å². The van der Waals surface area contributed by atoms with Crippen LogP contribution in [0, 0.1) is 5.41 Å². The summed E-state index contributed by atoms with van der Waals surface area (Å²) in [5.41, 5.74) is -0.613. The first-order valence-electron chi connectivity index (χ1n) is 4.95. The lowest BCUT2D eigenvalue weighted by molar-refractivity contribution is -0.151. The zero-order valence-electron chi connectivity index (χ0n) is 9.23. The van der Waals surface area contributed by atoms with Crippen molar-refractivity contribution in [2.45, 2.75) is 39.3 Å². The Morgan fingerprint density at radius 2 is 1.87 bits per heavy atom. The van der Waals surface area contributed by atoms with E-state index in [0.29, 0.717) is 0 Å². The van der Waals surface area contributed by atoms with Gasteiger partial charge in [-0.15, -0.1) is 0 Å². The molecule has 1 aliphatic rings. The van der Waals surface area contributed by atoms with Gasteiger partial charge in [-0.3, -0.25) is 4.79 Å². The van der Waals surface area contributed by atoms with Crippen molar-refractivity contribution in [1.29, 1.82) is 0 Å². The Labute approximate surface area is 88.7 Å². The molecule has 0 aliphatic carbocycles. The van der Waals surface area contributed by atoms with Gasteiger partial charge in [-0.25, -0.2) is 4.79 Å². The number of rotatable bonds is 1. The third kappa shape index (κ3) is 2.47. The molecule has 1 rings (SSSR count). The van der Waals surface area contributed by atoms with E-state index in [9.17, 15) is 14.7 Å². The lowest BCUT2D eigenvalue weighted by atomic mass is 9.94. The average molecular weight is 215 g/mol. The molecule has 86 valence electrons. The summed E-state index contributed by atoms with van der Waals surface area (Å²) in [7, 11) is 0. The van der Waals surface area contributed by atoms with Crippen molar-refractivity contribution >= 4 is 11.9 Å². The molecule has 5 nitrogen and oxygen atoms in total. The number of carboxylic acids is 1. The minimum absolute atomic E-state index is 0.118. The molecular weight excluding hydrogens is 198 g/mol. The van der Waals surface area contributed by atoms with Gasteiger partial charge in [0.2, 0.25) is 5.91 Å². The Kier molecular flexibility index (Phi) is 3.04. The predicted octanol–water partition coefficient (Wildman–Crippen LogP) is 0.0789. The summed E-state index contributed by atoms with van der Waals surface area (Å²) in [6.07, 6.45) is -0.602. The predicted molar refractivity (Wildman–Crippen MR) is 53.2 cm³/mol. The monoisotopic (exact) mass is 215 g/mol. The maximum absolute atomic E-state index is 11.9. The highest BCUT2D eigenvalue weighted by atomic mass is 16.4. The van der Waals surface area contributed by atoms with Crippen LogP contribution < -0.4 is 0 Å². The van der Waals surface area contributed by atoms with Gasteiger partial charge in [-0.05, 0) is 0 Å². The number of likely N-dealkylation sites (tertiary alicyclic amines) is 1. The van der Waals surface area contributed by atoms with Crippen LogP contribution in [-0.4, -0.2) is 45.7 Å². The van der Waals surface area contributed by atoms with E-state index in [4.69, 9.17) is 5.11 Å². The van der Waals surface area contributed by atoms with E-state index in [1.54, 1.807) is 20.8 Å². The zero-order chi connectivity index (χ0) is 11.8. The van der Waals surface area contributed by atoms with Crippen molar-refractivity contribution in [1.82, 2.24) is 4.90 Å². The Hall–Kier alpha value is -1.10. The fourth-order valence-electron chi connectivity index (χ4n) is 1.70. The summed E-state index contributed by atoms with van der Waals surface area (Å²) in [6, 6.07) is -0.883. The van der Waals surface area contributed by atoms with Crippen molar-refractivity contribution < 1.29 is 19.8 Å². The first kappa shape index (κ1) is 12.0. The molecule has 1 amide bonds. The third-order valence-electron chi connectivity index (χ3n) is 2.47. The van der Waals surface area contributed by atoms with Gasteiger partial charge >= 0.3 is 5.97 Å². The van der Waals surface area contributed by atoms with Crippen LogP contribution in [0.25, 0.3) is 0 Å². The van der Waals surface area contributed by atoms with Gasteiger partial charge in [0.1, 0.15) is 6.04 Å². The van der Waals surface area contributed by atoms with Gasteiger partial charge in [0.05, 0.1) is 6.10 Å². The molecule has 2 atom stereocenters. The number of hydrogen-bond donors (Lipinski definition) is 2. The number of nitrogens with zero attached hydrogens (tertiary/aromatic N) is 1. The third-order valence-corrected chi connectivity index (χ3v) is 2.47. The number of carbonyl (C=O) groups is 2. The van der Waals surface area contributed by atoms with Crippen LogP contribution >= 0.6 is 0 Å². The fraction of sp³-hybridized carbons (Fsp3) is 0.800. The Balaban J connectivity index is 2.85. The Morgan fingerprint density at radius 3 is 2.27 bits per heavy atom. The van der Waals surface area contributed by atoms with Crippen LogP contribution in [0.4, 0.5) is 0 Å². The van der Waals surface area contributed by atoms with Crippen LogP contribution in [0.5, 0.6) is 0 Å². The van der Waals surface area contributed by atoms with Gasteiger partial charge in [0.25, 0.3) is 0 Å². The summed E-state index contributed by atoms with van der Waals surface area (Å²) in [4.78, 5) is 24.0. The van der Waals surface area contributed by atoms with E-state index in [2.05, 4.69) is 0 Å². The molecule has 1 fully saturated rings. The molecule has 5 heteroatoms. The SMILES string of the molecule is CC(C)(C)C(=O)N1C[C@H](O)C[C@@H]1C(=O)O. The number of carboxylic acid groups (broad SMARTS) is 1. The van der Waals surface area contributed by atoms with E-state index >= 15 is 0 Å².